The molecule has 1 saturated heterocycles. The largest absolute Gasteiger partial charge is 0.393 e. The van der Waals surface area contributed by atoms with Crippen LogP contribution >= 0.6 is 0 Å². The molecule has 0 bridgehead atoms. The first-order valence-corrected chi connectivity index (χ1v) is 8.41. The Morgan fingerprint density at radius 1 is 0.955 bits per heavy atom. The first-order valence-electron chi connectivity index (χ1n) is 8.41. The normalized spacial score (nSPS) is 37.2. The Morgan fingerprint density at radius 2 is 1.55 bits per heavy atom. The molecule has 1 aliphatic heterocycles. The third-order valence-corrected chi connectivity index (χ3v) is 4.88. The molecular formula is C16H32O6. The van der Waals surface area contributed by atoms with Crippen LogP contribution in [0.3, 0.4) is 0 Å². The van der Waals surface area contributed by atoms with Gasteiger partial charge in [-0.2, -0.15) is 0 Å². The van der Waals surface area contributed by atoms with E-state index in [0.717, 1.165) is 19.3 Å². The number of hydrogen-bond donors (Lipinski definition) is 5. The van der Waals surface area contributed by atoms with Crippen LogP contribution in [0.25, 0.3) is 0 Å². The fourth-order valence-electron chi connectivity index (χ4n) is 3.18. The predicted molar refractivity (Wildman–Crippen MR) is 82.1 cm³/mol. The van der Waals surface area contributed by atoms with Crippen LogP contribution in [0.2, 0.25) is 0 Å². The highest BCUT2D eigenvalue weighted by atomic mass is 16.6. The number of aliphatic hydroxyl groups excluding tert-OH is 5. The molecule has 0 aromatic carbocycles. The second-order valence-corrected chi connectivity index (χ2v) is 6.50. The molecule has 6 heteroatoms. The van der Waals surface area contributed by atoms with Crippen molar-refractivity contribution in [3.8, 4) is 0 Å². The summed E-state index contributed by atoms with van der Waals surface area (Å²) in [5.74, 6) is -0.254. The van der Waals surface area contributed by atoms with Crippen LogP contribution in [0.5, 0.6) is 0 Å². The summed E-state index contributed by atoms with van der Waals surface area (Å²) >= 11 is 0. The van der Waals surface area contributed by atoms with Crippen molar-refractivity contribution < 1.29 is 30.3 Å². The number of aliphatic hydroxyl groups is 5. The van der Waals surface area contributed by atoms with Crippen LogP contribution in [0.1, 0.15) is 58.8 Å². The Morgan fingerprint density at radius 3 is 2.14 bits per heavy atom. The molecule has 0 radical (unpaired) electrons. The second kappa shape index (κ2) is 9.15. The van der Waals surface area contributed by atoms with Crippen molar-refractivity contribution in [2.75, 3.05) is 6.61 Å². The van der Waals surface area contributed by atoms with Crippen LogP contribution in [0.15, 0.2) is 0 Å². The molecule has 1 rings (SSSR count). The molecule has 0 aromatic heterocycles. The van der Waals surface area contributed by atoms with E-state index >= 15 is 0 Å². The molecule has 0 spiro atoms. The maximum atomic E-state index is 10.2. The molecule has 1 heterocycles. The summed E-state index contributed by atoms with van der Waals surface area (Å²) in [5, 5.41) is 49.0. The third kappa shape index (κ3) is 4.40. The molecule has 6 nitrogen and oxygen atoms in total. The molecule has 132 valence electrons. The lowest BCUT2D eigenvalue weighted by Crippen LogP contribution is -2.68. The Kier molecular flexibility index (Phi) is 8.24. The van der Waals surface area contributed by atoms with Crippen LogP contribution < -0.4 is 0 Å². The Bertz CT molecular complexity index is 313. The van der Waals surface area contributed by atoms with Gasteiger partial charge in [0.05, 0.1) is 6.61 Å². The first-order chi connectivity index (χ1) is 10.4. The fraction of sp³-hybridized carbons (Fsp3) is 1.00. The Hall–Kier alpha value is -0.240. The SMILES string of the molecule is CCCCCCCCC(C)[C@]1(CO)OC(O)[C@H](O)[C@@H](O)[C@@H]1O. The summed E-state index contributed by atoms with van der Waals surface area (Å²) in [6.07, 6.45) is 1.32. The molecule has 0 saturated carbocycles. The van der Waals surface area contributed by atoms with Gasteiger partial charge < -0.3 is 30.3 Å². The van der Waals surface area contributed by atoms with E-state index in [0.29, 0.717) is 6.42 Å². The lowest BCUT2D eigenvalue weighted by atomic mass is 9.76. The average molecular weight is 320 g/mol. The van der Waals surface area contributed by atoms with Gasteiger partial charge in [-0.05, 0) is 12.3 Å². The van der Waals surface area contributed by atoms with E-state index in [4.69, 9.17) is 4.74 Å². The maximum absolute atomic E-state index is 10.2. The standard InChI is InChI=1S/C16H32O6/c1-3-4-5-6-7-8-9-11(2)16(10-17)14(20)12(18)13(19)15(21)22-16/h11-15,17-21H,3-10H2,1-2H3/t11?,12-,13-,14+,15?,16+/m1/s1. The third-order valence-electron chi connectivity index (χ3n) is 4.88. The van der Waals surface area contributed by atoms with Gasteiger partial charge >= 0.3 is 0 Å². The molecule has 0 amide bonds. The van der Waals surface area contributed by atoms with E-state index in [1.54, 1.807) is 0 Å². The zero-order valence-corrected chi connectivity index (χ0v) is 13.7. The van der Waals surface area contributed by atoms with E-state index < -0.39 is 36.8 Å². The molecule has 22 heavy (non-hydrogen) atoms. The predicted octanol–water partition coefficient (Wildman–Crippen LogP) is 0.535. The van der Waals surface area contributed by atoms with Crippen molar-refractivity contribution in [3.63, 3.8) is 0 Å². The minimum atomic E-state index is -1.61. The van der Waals surface area contributed by atoms with E-state index in [2.05, 4.69) is 6.92 Å². The van der Waals surface area contributed by atoms with Crippen molar-refractivity contribution in [3.05, 3.63) is 0 Å². The van der Waals surface area contributed by atoms with Gasteiger partial charge in [-0.3, -0.25) is 0 Å². The zero-order chi connectivity index (χ0) is 16.8. The lowest BCUT2D eigenvalue weighted by molar-refractivity contribution is -0.339. The number of rotatable bonds is 9. The van der Waals surface area contributed by atoms with Gasteiger partial charge in [0, 0.05) is 0 Å². The molecule has 6 atom stereocenters. The summed E-state index contributed by atoms with van der Waals surface area (Å²) in [6.45, 7) is 3.47. The van der Waals surface area contributed by atoms with Crippen LogP contribution in [-0.2, 0) is 4.74 Å². The number of unbranched alkanes of at least 4 members (excludes halogenated alkanes) is 5. The first kappa shape index (κ1) is 19.8. The Balaban J connectivity index is 2.56. The minimum Gasteiger partial charge on any atom is -0.393 e. The second-order valence-electron chi connectivity index (χ2n) is 6.50. The monoisotopic (exact) mass is 320 g/mol. The molecule has 0 aromatic rings. The van der Waals surface area contributed by atoms with Gasteiger partial charge in [0.15, 0.2) is 6.29 Å². The summed E-state index contributed by atoms with van der Waals surface area (Å²) in [4.78, 5) is 0. The minimum absolute atomic E-state index is 0.254. The zero-order valence-electron chi connectivity index (χ0n) is 13.7. The lowest BCUT2D eigenvalue weighted by Gasteiger charge is -2.49. The molecule has 0 aliphatic carbocycles. The van der Waals surface area contributed by atoms with Gasteiger partial charge in [0.1, 0.15) is 23.9 Å². The molecule has 2 unspecified atom stereocenters. The molecule has 1 fully saturated rings. The highest BCUT2D eigenvalue weighted by Crippen LogP contribution is 2.37. The van der Waals surface area contributed by atoms with Crippen molar-refractivity contribution >= 4 is 0 Å². The van der Waals surface area contributed by atoms with Crippen LogP contribution in [-0.4, -0.2) is 62.3 Å². The maximum Gasteiger partial charge on any atom is 0.184 e. The van der Waals surface area contributed by atoms with E-state index in [1.807, 2.05) is 6.92 Å². The van der Waals surface area contributed by atoms with Crippen LogP contribution in [0, 0.1) is 5.92 Å². The topological polar surface area (TPSA) is 110 Å². The quantitative estimate of drug-likeness (QED) is 0.397. The summed E-state index contributed by atoms with van der Waals surface area (Å²) in [7, 11) is 0. The van der Waals surface area contributed by atoms with Gasteiger partial charge in [-0.25, -0.2) is 0 Å². The number of hydrogen-bond acceptors (Lipinski definition) is 6. The highest BCUT2D eigenvalue weighted by molar-refractivity contribution is 5.02. The molecule has 5 N–H and O–H groups in total. The highest BCUT2D eigenvalue weighted by Gasteiger charge is 2.55. The van der Waals surface area contributed by atoms with Crippen molar-refractivity contribution in [1.82, 2.24) is 0 Å². The Labute approximate surface area is 132 Å². The van der Waals surface area contributed by atoms with E-state index in [1.165, 1.54) is 19.3 Å². The smallest absolute Gasteiger partial charge is 0.184 e. The van der Waals surface area contributed by atoms with Crippen molar-refractivity contribution in [2.45, 2.75) is 89.0 Å². The number of ether oxygens (including phenoxy) is 1. The molecular weight excluding hydrogens is 288 g/mol. The summed E-state index contributed by atoms with van der Waals surface area (Å²) in [5.41, 5.74) is -1.44. The van der Waals surface area contributed by atoms with Crippen molar-refractivity contribution in [2.24, 2.45) is 5.92 Å². The van der Waals surface area contributed by atoms with E-state index in [-0.39, 0.29) is 5.92 Å². The summed E-state index contributed by atoms with van der Waals surface area (Å²) < 4.78 is 5.32. The van der Waals surface area contributed by atoms with Gasteiger partial charge in [0.2, 0.25) is 0 Å². The van der Waals surface area contributed by atoms with E-state index in [9.17, 15) is 25.5 Å². The molecule has 1 aliphatic rings. The van der Waals surface area contributed by atoms with Gasteiger partial charge in [-0.15, -0.1) is 0 Å². The average Bonchev–Trinajstić information content (AvgIpc) is 2.52. The van der Waals surface area contributed by atoms with Crippen molar-refractivity contribution in [1.29, 1.82) is 0 Å². The van der Waals surface area contributed by atoms with Crippen LogP contribution in [0.4, 0.5) is 0 Å². The van der Waals surface area contributed by atoms with Gasteiger partial charge in [0.25, 0.3) is 0 Å². The fourth-order valence-corrected chi connectivity index (χ4v) is 3.18. The van der Waals surface area contributed by atoms with Gasteiger partial charge in [-0.1, -0.05) is 52.4 Å². The summed E-state index contributed by atoms with van der Waals surface area (Å²) in [6, 6.07) is 0.